The van der Waals surface area contributed by atoms with Gasteiger partial charge in [-0.15, -0.1) is 0 Å². The Morgan fingerprint density at radius 1 is 1.45 bits per heavy atom. The Hall–Kier alpha value is -0.720. The molecule has 0 N–H and O–H groups in total. The van der Waals surface area contributed by atoms with E-state index in [-0.39, 0.29) is 6.42 Å². The second kappa shape index (κ2) is 4.22. The van der Waals surface area contributed by atoms with Crippen molar-refractivity contribution in [2.75, 3.05) is 0 Å². The second-order valence-corrected chi connectivity index (χ2v) is 2.39. The molecule has 0 aliphatic carbocycles. The van der Waals surface area contributed by atoms with Crippen LogP contribution in [0.5, 0.6) is 0 Å². The van der Waals surface area contributed by atoms with Crippen LogP contribution in [0.15, 0.2) is 0 Å². The molecule has 1 unspecified atom stereocenters. The van der Waals surface area contributed by atoms with Crippen molar-refractivity contribution in [2.45, 2.75) is 32.4 Å². The zero-order valence-corrected chi connectivity index (χ0v) is 6.28. The molecule has 0 bridgehead atoms. The molecule has 0 rings (SSSR count). The summed E-state index contributed by atoms with van der Waals surface area (Å²) in [7, 11) is 0. The molecule has 4 heteroatoms. The summed E-state index contributed by atoms with van der Waals surface area (Å²) in [6.45, 7) is 1.68. The summed E-state index contributed by atoms with van der Waals surface area (Å²) in [6, 6.07) is 1.54. The number of hydrogen-bond acceptors (Lipinski definition) is 1. The van der Waals surface area contributed by atoms with Crippen LogP contribution in [0.2, 0.25) is 0 Å². The van der Waals surface area contributed by atoms with E-state index in [1.165, 1.54) is 6.07 Å². The van der Waals surface area contributed by atoms with Crippen LogP contribution < -0.4 is 0 Å². The van der Waals surface area contributed by atoms with Crippen molar-refractivity contribution in [3.05, 3.63) is 0 Å². The molecule has 0 saturated carbocycles. The standard InChI is InChI=1S/C7H10F3N/c1-2-3-6(4-5-11)7(8,9)10/h6H,2-4H2,1H3. The summed E-state index contributed by atoms with van der Waals surface area (Å²) in [5.74, 6) is -1.43. The van der Waals surface area contributed by atoms with Gasteiger partial charge < -0.3 is 0 Å². The third kappa shape index (κ3) is 3.87. The molecular formula is C7H10F3N. The first-order valence-electron chi connectivity index (χ1n) is 3.46. The summed E-state index contributed by atoms with van der Waals surface area (Å²) >= 11 is 0. The molecule has 11 heavy (non-hydrogen) atoms. The molecule has 0 aromatic heterocycles. The SMILES string of the molecule is CCCC(CC#N)C(F)(F)F. The summed E-state index contributed by atoms with van der Waals surface area (Å²) < 4.78 is 35.8. The first-order chi connectivity index (χ1) is 5.02. The molecule has 0 spiro atoms. The fourth-order valence-electron chi connectivity index (χ4n) is 0.840. The Balaban J connectivity index is 4.01. The van der Waals surface area contributed by atoms with Crippen LogP contribution in [-0.2, 0) is 0 Å². The predicted molar refractivity (Wildman–Crippen MR) is 34.7 cm³/mol. The summed E-state index contributed by atoms with van der Waals surface area (Å²) in [5, 5.41) is 8.08. The Bertz CT molecular complexity index is 145. The minimum Gasteiger partial charge on any atom is -0.198 e. The molecule has 1 nitrogen and oxygen atoms in total. The maximum atomic E-state index is 11.9. The average Bonchev–Trinajstić information content (AvgIpc) is 1.85. The monoisotopic (exact) mass is 165 g/mol. The van der Waals surface area contributed by atoms with E-state index in [1.807, 2.05) is 0 Å². The van der Waals surface area contributed by atoms with E-state index >= 15 is 0 Å². The third-order valence-electron chi connectivity index (χ3n) is 1.44. The lowest BCUT2D eigenvalue weighted by atomic mass is 10.0. The van der Waals surface area contributed by atoms with Gasteiger partial charge in [0.05, 0.1) is 12.0 Å². The van der Waals surface area contributed by atoms with E-state index in [0.29, 0.717) is 6.42 Å². The van der Waals surface area contributed by atoms with Gasteiger partial charge >= 0.3 is 6.18 Å². The van der Waals surface area contributed by atoms with Crippen LogP contribution in [0.4, 0.5) is 13.2 Å². The lowest BCUT2D eigenvalue weighted by molar-refractivity contribution is -0.175. The Morgan fingerprint density at radius 2 is 2.00 bits per heavy atom. The Labute approximate surface area is 63.8 Å². The first-order valence-corrected chi connectivity index (χ1v) is 3.46. The number of nitriles is 1. The van der Waals surface area contributed by atoms with Crippen molar-refractivity contribution in [3.63, 3.8) is 0 Å². The van der Waals surface area contributed by atoms with E-state index in [2.05, 4.69) is 0 Å². The highest BCUT2D eigenvalue weighted by molar-refractivity contribution is 4.79. The molecular weight excluding hydrogens is 155 g/mol. The van der Waals surface area contributed by atoms with Gasteiger partial charge in [0.1, 0.15) is 0 Å². The molecule has 0 amide bonds. The number of halogens is 3. The number of rotatable bonds is 3. The Kier molecular flexibility index (Phi) is 3.94. The van der Waals surface area contributed by atoms with Gasteiger partial charge in [0.2, 0.25) is 0 Å². The highest BCUT2D eigenvalue weighted by Crippen LogP contribution is 2.31. The molecule has 1 atom stereocenters. The molecule has 0 aliphatic heterocycles. The molecule has 0 fully saturated rings. The van der Waals surface area contributed by atoms with Crippen LogP contribution in [-0.4, -0.2) is 6.18 Å². The third-order valence-corrected chi connectivity index (χ3v) is 1.44. The average molecular weight is 165 g/mol. The summed E-state index contributed by atoms with van der Waals surface area (Å²) in [6.07, 6.45) is -4.11. The zero-order chi connectivity index (χ0) is 8.91. The number of alkyl halides is 3. The lowest BCUT2D eigenvalue weighted by Crippen LogP contribution is -2.22. The molecule has 0 aromatic carbocycles. The van der Waals surface area contributed by atoms with Crippen molar-refractivity contribution in [3.8, 4) is 6.07 Å². The van der Waals surface area contributed by atoms with E-state index < -0.39 is 18.5 Å². The normalized spacial score (nSPS) is 14.1. The van der Waals surface area contributed by atoms with Crippen LogP contribution >= 0.6 is 0 Å². The van der Waals surface area contributed by atoms with Crippen LogP contribution in [0.3, 0.4) is 0 Å². The topological polar surface area (TPSA) is 23.8 Å². The minimum absolute atomic E-state index is 0.0526. The van der Waals surface area contributed by atoms with Crippen molar-refractivity contribution >= 4 is 0 Å². The van der Waals surface area contributed by atoms with Gasteiger partial charge in [0.25, 0.3) is 0 Å². The van der Waals surface area contributed by atoms with Crippen LogP contribution in [0.25, 0.3) is 0 Å². The van der Waals surface area contributed by atoms with E-state index in [1.54, 1.807) is 6.92 Å². The molecule has 0 aliphatic rings. The van der Waals surface area contributed by atoms with Crippen molar-refractivity contribution in [1.82, 2.24) is 0 Å². The molecule has 64 valence electrons. The first kappa shape index (κ1) is 10.3. The minimum atomic E-state index is -4.20. The largest absolute Gasteiger partial charge is 0.392 e. The quantitative estimate of drug-likeness (QED) is 0.630. The Morgan fingerprint density at radius 3 is 2.27 bits per heavy atom. The fourth-order valence-corrected chi connectivity index (χ4v) is 0.840. The maximum Gasteiger partial charge on any atom is 0.392 e. The van der Waals surface area contributed by atoms with E-state index in [9.17, 15) is 13.2 Å². The van der Waals surface area contributed by atoms with Gasteiger partial charge in [-0.3, -0.25) is 0 Å². The number of nitrogens with zero attached hydrogens (tertiary/aromatic N) is 1. The molecule has 0 radical (unpaired) electrons. The zero-order valence-electron chi connectivity index (χ0n) is 6.28. The lowest BCUT2D eigenvalue weighted by Gasteiger charge is -2.15. The van der Waals surface area contributed by atoms with Gasteiger partial charge in [0.15, 0.2) is 0 Å². The van der Waals surface area contributed by atoms with Crippen molar-refractivity contribution in [2.24, 2.45) is 5.92 Å². The van der Waals surface area contributed by atoms with Crippen molar-refractivity contribution < 1.29 is 13.2 Å². The molecule has 0 aromatic rings. The smallest absolute Gasteiger partial charge is 0.198 e. The second-order valence-electron chi connectivity index (χ2n) is 2.39. The van der Waals surface area contributed by atoms with E-state index in [4.69, 9.17) is 5.26 Å². The van der Waals surface area contributed by atoms with Gasteiger partial charge in [-0.2, -0.15) is 18.4 Å². The summed E-state index contributed by atoms with van der Waals surface area (Å²) in [4.78, 5) is 0. The number of hydrogen-bond donors (Lipinski definition) is 0. The van der Waals surface area contributed by atoms with E-state index in [0.717, 1.165) is 0 Å². The van der Waals surface area contributed by atoms with Crippen LogP contribution in [0.1, 0.15) is 26.2 Å². The highest BCUT2D eigenvalue weighted by Gasteiger charge is 2.38. The fraction of sp³-hybridized carbons (Fsp3) is 0.857. The van der Waals surface area contributed by atoms with Gasteiger partial charge in [-0.1, -0.05) is 13.3 Å². The summed E-state index contributed by atoms with van der Waals surface area (Å²) in [5.41, 5.74) is 0. The molecule has 0 heterocycles. The van der Waals surface area contributed by atoms with Crippen molar-refractivity contribution in [1.29, 1.82) is 5.26 Å². The molecule has 0 saturated heterocycles. The van der Waals surface area contributed by atoms with Gasteiger partial charge in [-0.05, 0) is 6.42 Å². The van der Waals surface area contributed by atoms with Crippen LogP contribution in [0, 0.1) is 17.2 Å². The van der Waals surface area contributed by atoms with Gasteiger partial charge in [0, 0.05) is 6.42 Å². The van der Waals surface area contributed by atoms with Gasteiger partial charge in [-0.25, -0.2) is 0 Å². The highest BCUT2D eigenvalue weighted by atomic mass is 19.4. The maximum absolute atomic E-state index is 11.9. The predicted octanol–water partition coefficient (Wildman–Crippen LogP) is 2.88.